The molecule has 0 saturated heterocycles. The van der Waals surface area contributed by atoms with Gasteiger partial charge in [0.05, 0.1) is 31.1 Å². The number of ether oxygens (including phenoxy) is 2. The summed E-state index contributed by atoms with van der Waals surface area (Å²) in [5.41, 5.74) is 5.88. The maximum atomic E-state index is 13.8. The third-order valence-corrected chi connectivity index (χ3v) is 6.88. The number of unbranched alkanes of at least 4 members (excludes halogenated alkanes) is 1. The number of hydrogen-bond acceptors (Lipinski definition) is 5. The van der Waals surface area contributed by atoms with E-state index >= 15 is 0 Å². The molecule has 2 atom stereocenters. The summed E-state index contributed by atoms with van der Waals surface area (Å²) in [6.45, 7) is 2.82. The molecule has 35 heavy (non-hydrogen) atoms. The van der Waals surface area contributed by atoms with Gasteiger partial charge in [-0.1, -0.05) is 55.8 Å². The Kier molecular flexibility index (Phi) is 6.75. The number of ketones is 1. The zero-order chi connectivity index (χ0) is 24.2. The van der Waals surface area contributed by atoms with Crippen LogP contribution in [0.25, 0.3) is 0 Å². The minimum absolute atomic E-state index is 0.113. The van der Waals surface area contributed by atoms with Gasteiger partial charge in [-0.2, -0.15) is 0 Å². The number of fused-ring (bicyclic) bond motifs is 1. The number of anilines is 2. The van der Waals surface area contributed by atoms with E-state index < -0.39 is 0 Å². The second kappa shape index (κ2) is 10.3. The average Bonchev–Trinajstić information content (AvgIpc) is 3.06. The molecule has 3 aromatic rings. The first-order valence-electron chi connectivity index (χ1n) is 12.4. The van der Waals surface area contributed by atoms with E-state index in [0.717, 1.165) is 64.5 Å². The van der Waals surface area contributed by atoms with Crippen molar-refractivity contribution < 1.29 is 14.3 Å². The van der Waals surface area contributed by atoms with E-state index in [1.54, 1.807) is 7.11 Å². The Bertz CT molecular complexity index is 1230. The second-order valence-corrected chi connectivity index (χ2v) is 9.18. The number of methoxy groups -OCH3 is 1. The first-order chi connectivity index (χ1) is 17.2. The zero-order valence-corrected chi connectivity index (χ0v) is 20.3. The molecule has 180 valence electrons. The Balaban J connectivity index is 1.56. The van der Waals surface area contributed by atoms with Gasteiger partial charge in [0, 0.05) is 23.3 Å². The molecule has 0 amide bonds. The minimum atomic E-state index is -0.289. The van der Waals surface area contributed by atoms with Gasteiger partial charge in [-0.15, -0.1) is 0 Å². The normalized spacial score (nSPS) is 19.1. The molecule has 5 heteroatoms. The van der Waals surface area contributed by atoms with Gasteiger partial charge < -0.3 is 20.1 Å². The van der Waals surface area contributed by atoms with Crippen LogP contribution < -0.4 is 20.1 Å². The molecule has 0 spiro atoms. The van der Waals surface area contributed by atoms with Crippen molar-refractivity contribution in [2.45, 2.75) is 44.6 Å². The topological polar surface area (TPSA) is 59.6 Å². The second-order valence-electron chi connectivity index (χ2n) is 9.18. The van der Waals surface area contributed by atoms with Gasteiger partial charge in [0.2, 0.25) is 0 Å². The van der Waals surface area contributed by atoms with E-state index in [0.29, 0.717) is 13.0 Å². The quantitative estimate of drug-likeness (QED) is 0.371. The van der Waals surface area contributed by atoms with Crippen LogP contribution in [-0.2, 0) is 4.79 Å². The van der Waals surface area contributed by atoms with Gasteiger partial charge in [-0.3, -0.25) is 4.79 Å². The van der Waals surface area contributed by atoms with Crippen molar-refractivity contribution in [1.82, 2.24) is 0 Å². The van der Waals surface area contributed by atoms with Gasteiger partial charge in [0.25, 0.3) is 0 Å². The lowest BCUT2D eigenvalue weighted by molar-refractivity contribution is -0.116. The van der Waals surface area contributed by atoms with Crippen LogP contribution >= 0.6 is 0 Å². The van der Waals surface area contributed by atoms with E-state index in [9.17, 15) is 4.79 Å². The number of rotatable bonds is 7. The molecule has 1 heterocycles. The summed E-state index contributed by atoms with van der Waals surface area (Å²) in [6, 6.07) is 24.0. The number of carbonyl (C=O) groups excluding carboxylic acids is 1. The fraction of sp³-hybridized carbons (Fsp3) is 0.300. The summed E-state index contributed by atoms with van der Waals surface area (Å²) in [5, 5.41) is 7.28. The number of nitrogens with one attached hydrogen (secondary N) is 2. The molecule has 2 N–H and O–H groups in total. The van der Waals surface area contributed by atoms with E-state index in [2.05, 4.69) is 47.9 Å². The van der Waals surface area contributed by atoms with Crippen LogP contribution in [-0.4, -0.2) is 19.5 Å². The molecule has 5 nitrogen and oxygen atoms in total. The molecule has 2 aliphatic rings. The van der Waals surface area contributed by atoms with Crippen LogP contribution in [0, 0.1) is 0 Å². The van der Waals surface area contributed by atoms with Crippen LogP contribution in [0.3, 0.4) is 0 Å². The summed E-state index contributed by atoms with van der Waals surface area (Å²) in [6.07, 6.45) is 3.30. The predicted molar refractivity (Wildman–Crippen MR) is 140 cm³/mol. The average molecular weight is 469 g/mol. The molecule has 2 unspecified atom stereocenters. The number of benzene rings is 3. The van der Waals surface area contributed by atoms with Gasteiger partial charge in [0.15, 0.2) is 5.78 Å². The van der Waals surface area contributed by atoms with Crippen molar-refractivity contribution in [2.24, 2.45) is 0 Å². The molecule has 0 radical (unpaired) electrons. The summed E-state index contributed by atoms with van der Waals surface area (Å²) in [4.78, 5) is 13.8. The number of Topliss-reactive ketones (excluding diaryl/α,β-unsaturated/α-hetero) is 1. The number of para-hydroxylation sites is 3. The molecule has 1 aliphatic carbocycles. The highest BCUT2D eigenvalue weighted by Gasteiger charge is 2.37. The van der Waals surface area contributed by atoms with Crippen molar-refractivity contribution in [3.05, 3.63) is 95.2 Å². The maximum absolute atomic E-state index is 13.8. The minimum Gasteiger partial charge on any atom is -0.497 e. The van der Waals surface area contributed by atoms with Crippen molar-refractivity contribution in [1.29, 1.82) is 0 Å². The smallest absolute Gasteiger partial charge is 0.163 e. The lowest BCUT2D eigenvalue weighted by Gasteiger charge is -2.30. The van der Waals surface area contributed by atoms with Crippen LogP contribution in [0.4, 0.5) is 11.4 Å². The monoisotopic (exact) mass is 468 g/mol. The Hall–Kier alpha value is -3.73. The van der Waals surface area contributed by atoms with Gasteiger partial charge in [0.1, 0.15) is 11.5 Å². The fourth-order valence-electron chi connectivity index (χ4n) is 5.01. The molecular weight excluding hydrogens is 436 g/mol. The van der Waals surface area contributed by atoms with E-state index in [4.69, 9.17) is 9.47 Å². The standard InChI is InChI=1S/C30H32N2O3/c1-3-4-17-35-28-12-8-5-9-23(28)30-29-26(31-24-10-6-7-11-25(24)32-30)18-21(19-27(29)33)20-13-15-22(34-2)16-14-20/h5-16,21,30-32H,3-4,17-19H2,1-2H3. The van der Waals surface area contributed by atoms with Gasteiger partial charge in [-0.25, -0.2) is 0 Å². The Morgan fingerprint density at radius 2 is 1.66 bits per heavy atom. The van der Waals surface area contributed by atoms with Crippen LogP contribution in [0.5, 0.6) is 11.5 Å². The Morgan fingerprint density at radius 3 is 2.43 bits per heavy atom. The van der Waals surface area contributed by atoms with Gasteiger partial charge >= 0.3 is 0 Å². The highest BCUT2D eigenvalue weighted by Crippen LogP contribution is 2.45. The molecular formula is C30H32N2O3. The van der Waals surface area contributed by atoms with Crippen LogP contribution in [0.1, 0.15) is 55.7 Å². The molecule has 0 bridgehead atoms. The summed E-state index contributed by atoms with van der Waals surface area (Å²) < 4.78 is 11.5. The predicted octanol–water partition coefficient (Wildman–Crippen LogP) is 6.85. The molecule has 0 aromatic heterocycles. The van der Waals surface area contributed by atoms with E-state index in [1.165, 1.54) is 0 Å². The highest BCUT2D eigenvalue weighted by molar-refractivity contribution is 6.01. The third kappa shape index (κ3) is 4.76. The van der Waals surface area contributed by atoms with E-state index in [1.807, 2.05) is 42.5 Å². The zero-order valence-electron chi connectivity index (χ0n) is 20.3. The maximum Gasteiger partial charge on any atom is 0.163 e. The molecule has 0 fully saturated rings. The number of hydrogen-bond donors (Lipinski definition) is 2. The molecule has 0 saturated carbocycles. The largest absolute Gasteiger partial charge is 0.497 e. The first-order valence-corrected chi connectivity index (χ1v) is 12.4. The first kappa shape index (κ1) is 23.0. The number of allylic oxidation sites excluding steroid dienone is 1. The SMILES string of the molecule is CCCCOc1ccccc1C1Nc2ccccc2NC2=C1C(=O)CC(c1ccc(OC)cc1)C2. The number of carbonyl (C=O) groups is 1. The lowest BCUT2D eigenvalue weighted by atomic mass is 9.78. The third-order valence-electron chi connectivity index (χ3n) is 6.88. The van der Waals surface area contributed by atoms with Crippen molar-refractivity contribution >= 4 is 17.2 Å². The van der Waals surface area contributed by atoms with Crippen molar-refractivity contribution in [3.8, 4) is 11.5 Å². The highest BCUT2D eigenvalue weighted by atomic mass is 16.5. The Morgan fingerprint density at radius 1 is 0.914 bits per heavy atom. The van der Waals surface area contributed by atoms with E-state index in [-0.39, 0.29) is 17.7 Å². The molecule has 1 aliphatic heterocycles. The van der Waals surface area contributed by atoms with Crippen LogP contribution in [0.15, 0.2) is 84.1 Å². The lowest BCUT2D eigenvalue weighted by Crippen LogP contribution is -2.27. The Labute approximate surface area is 207 Å². The molecule has 5 rings (SSSR count). The summed E-state index contributed by atoms with van der Waals surface area (Å²) in [5.74, 6) is 1.92. The van der Waals surface area contributed by atoms with Gasteiger partial charge in [-0.05, 0) is 54.7 Å². The molecule has 3 aromatic carbocycles. The summed E-state index contributed by atoms with van der Waals surface area (Å²) >= 11 is 0. The van der Waals surface area contributed by atoms with Crippen LogP contribution in [0.2, 0.25) is 0 Å². The fourth-order valence-corrected chi connectivity index (χ4v) is 5.01. The van der Waals surface area contributed by atoms with Crippen molar-refractivity contribution in [3.63, 3.8) is 0 Å². The van der Waals surface area contributed by atoms with Crippen molar-refractivity contribution in [2.75, 3.05) is 24.4 Å². The summed E-state index contributed by atoms with van der Waals surface area (Å²) in [7, 11) is 1.67.